The molecule has 0 spiro atoms. The van der Waals surface area contributed by atoms with Gasteiger partial charge in [0.25, 0.3) is 5.91 Å². The van der Waals surface area contributed by atoms with Crippen LogP contribution in [0.15, 0.2) is 18.6 Å². The number of amides is 2. The van der Waals surface area contributed by atoms with Crippen LogP contribution in [0.1, 0.15) is 65.2 Å². The number of fused-ring (bicyclic) bond motifs is 1. The second-order valence-corrected chi connectivity index (χ2v) is 8.42. The highest BCUT2D eigenvalue weighted by atomic mass is 16.2. The first-order chi connectivity index (χ1) is 14.2. The number of rotatable bonds is 5. The molecule has 3 heterocycles. The van der Waals surface area contributed by atoms with Crippen molar-refractivity contribution in [1.29, 1.82) is 0 Å². The zero-order valence-electron chi connectivity index (χ0n) is 16.5. The summed E-state index contributed by atoms with van der Waals surface area (Å²) in [4.78, 5) is 31.4. The molecule has 0 unspecified atom stereocenters. The number of nitrogens with one attached hydrogen (secondary N) is 1. The minimum absolute atomic E-state index is 0.0313. The molecule has 2 aromatic heterocycles. The first kappa shape index (κ1) is 18.3. The van der Waals surface area contributed by atoms with Gasteiger partial charge in [-0.25, -0.2) is 4.68 Å². The van der Waals surface area contributed by atoms with Gasteiger partial charge >= 0.3 is 0 Å². The van der Waals surface area contributed by atoms with E-state index in [-0.39, 0.29) is 24.4 Å². The fourth-order valence-electron chi connectivity index (χ4n) is 4.42. The lowest BCUT2D eigenvalue weighted by molar-refractivity contribution is -0.133. The summed E-state index contributed by atoms with van der Waals surface area (Å²) < 4.78 is 1.65. The van der Waals surface area contributed by atoms with E-state index >= 15 is 0 Å². The molecule has 2 aliphatic carbocycles. The van der Waals surface area contributed by atoms with Gasteiger partial charge in [-0.15, -0.1) is 5.10 Å². The molecule has 1 saturated carbocycles. The molecule has 1 saturated heterocycles. The van der Waals surface area contributed by atoms with E-state index < -0.39 is 0 Å². The van der Waals surface area contributed by atoms with Crippen LogP contribution in [0.25, 0.3) is 0 Å². The zero-order valence-corrected chi connectivity index (χ0v) is 16.5. The number of piperidine rings is 1. The number of hydrogen-bond donors (Lipinski definition) is 1. The predicted molar refractivity (Wildman–Crippen MR) is 105 cm³/mol. The molecule has 0 radical (unpaired) electrons. The van der Waals surface area contributed by atoms with E-state index in [4.69, 9.17) is 0 Å². The molecular weight excluding hydrogens is 368 g/mol. The van der Waals surface area contributed by atoms with Crippen molar-refractivity contribution >= 4 is 11.8 Å². The fourth-order valence-corrected chi connectivity index (χ4v) is 4.42. The standard InChI is InChI=1S/C21H26N6O2/c28-20(13-27-12-19(24-25-27)14-4-5-14)26-8-6-16(7-9-26)23-21(29)18-11-22-10-15-2-1-3-17(15)18/h10-12,14,16H,1-9,13H2,(H,23,29). The Bertz CT molecular complexity index is 927. The van der Waals surface area contributed by atoms with Gasteiger partial charge < -0.3 is 10.2 Å². The van der Waals surface area contributed by atoms with Crippen LogP contribution in [0.2, 0.25) is 0 Å². The lowest BCUT2D eigenvalue weighted by Crippen LogP contribution is -2.47. The summed E-state index contributed by atoms with van der Waals surface area (Å²) in [6, 6.07) is 0.0941. The summed E-state index contributed by atoms with van der Waals surface area (Å²) >= 11 is 0. The molecular formula is C21H26N6O2. The van der Waals surface area contributed by atoms with Crippen LogP contribution in [0.4, 0.5) is 0 Å². The average molecular weight is 394 g/mol. The Morgan fingerprint density at radius 3 is 2.72 bits per heavy atom. The van der Waals surface area contributed by atoms with Gasteiger partial charge in [-0.3, -0.25) is 14.6 Å². The Morgan fingerprint density at radius 2 is 1.93 bits per heavy atom. The lowest BCUT2D eigenvalue weighted by atomic mass is 10.0. The summed E-state index contributed by atoms with van der Waals surface area (Å²) in [6.45, 7) is 1.54. The largest absolute Gasteiger partial charge is 0.349 e. The summed E-state index contributed by atoms with van der Waals surface area (Å²) in [5, 5.41) is 11.4. The number of likely N-dealkylation sites (tertiary alicyclic amines) is 1. The maximum atomic E-state index is 12.7. The maximum Gasteiger partial charge on any atom is 0.253 e. The Kier molecular flexibility index (Phi) is 4.77. The first-order valence-corrected chi connectivity index (χ1v) is 10.6. The highest BCUT2D eigenvalue weighted by molar-refractivity contribution is 5.96. The number of pyridine rings is 1. The summed E-state index contributed by atoms with van der Waals surface area (Å²) in [5.41, 5.74) is 4.08. The van der Waals surface area contributed by atoms with Crippen molar-refractivity contribution in [2.24, 2.45) is 0 Å². The van der Waals surface area contributed by atoms with Crippen molar-refractivity contribution in [2.45, 2.75) is 63.5 Å². The van der Waals surface area contributed by atoms with E-state index in [0.29, 0.717) is 19.0 Å². The topological polar surface area (TPSA) is 93.0 Å². The number of carbonyl (C=O) groups is 2. The van der Waals surface area contributed by atoms with Crippen molar-refractivity contribution < 1.29 is 9.59 Å². The van der Waals surface area contributed by atoms with Crippen LogP contribution in [0.3, 0.4) is 0 Å². The Labute approximate surface area is 169 Å². The second kappa shape index (κ2) is 7.57. The van der Waals surface area contributed by atoms with Crippen LogP contribution in [0, 0.1) is 0 Å². The summed E-state index contributed by atoms with van der Waals surface area (Å²) in [5.74, 6) is 0.572. The zero-order chi connectivity index (χ0) is 19.8. The quantitative estimate of drug-likeness (QED) is 0.829. The number of aryl methyl sites for hydroxylation is 1. The van der Waals surface area contributed by atoms with Gasteiger partial charge in [-0.1, -0.05) is 5.21 Å². The molecule has 8 nitrogen and oxygen atoms in total. The Hall–Kier alpha value is -2.77. The van der Waals surface area contributed by atoms with Crippen LogP contribution < -0.4 is 5.32 Å². The smallest absolute Gasteiger partial charge is 0.253 e. The third kappa shape index (κ3) is 3.88. The van der Waals surface area contributed by atoms with Gasteiger partial charge in [0, 0.05) is 43.6 Å². The average Bonchev–Trinajstić information content (AvgIpc) is 3.28. The van der Waals surface area contributed by atoms with Crippen LogP contribution in [-0.4, -0.2) is 55.8 Å². The van der Waals surface area contributed by atoms with Crippen molar-refractivity contribution in [3.05, 3.63) is 41.0 Å². The molecule has 0 aromatic carbocycles. The molecule has 8 heteroatoms. The number of nitrogens with zero attached hydrogens (tertiary/aromatic N) is 5. The molecule has 152 valence electrons. The molecule has 1 aliphatic heterocycles. The third-order valence-electron chi connectivity index (χ3n) is 6.30. The van der Waals surface area contributed by atoms with Gasteiger partial charge in [-0.05, 0) is 56.1 Å². The van der Waals surface area contributed by atoms with Gasteiger partial charge in [-0.2, -0.15) is 0 Å². The first-order valence-electron chi connectivity index (χ1n) is 10.6. The highest BCUT2D eigenvalue weighted by Crippen LogP contribution is 2.38. The number of hydrogen-bond acceptors (Lipinski definition) is 5. The van der Waals surface area contributed by atoms with Crippen molar-refractivity contribution in [3.63, 3.8) is 0 Å². The molecule has 2 aromatic rings. The molecule has 2 fully saturated rings. The van der Waals surface area contributed by atoms with E-state index in [1.807, 2.05) is 17.3 Å². The minimum atomic E-state index is -0.0313. The summed E-state index contributed by atoms with van der Waals surface area (Å²) in [6.07, 6.45) is 12.4. The van der Waals surface area contributed by atoms with Gasteiger partial charge in [0.15, 0.2) is 0 Å². The fraction of sp³-hybridized carbons (Fsp3) is 0.571. The normalized spacial score (nSPS) is 19.2. The Morgan fingerprint density at radius 1 is 1.10 bits per heavy atom. The second-order valence-electron chi connectivity index (χ2n) is 8.42. The van der Waals surface area contributed by atoms with Crippen molar-refractivity contribution in [1.82, 2.24) is 30.2 Å². The SMILES string of the molecule is O=C(NC1CCN(C(=O)Cn2cc(C3CC3)nn2)CC1)c1cncc2c1CCC2. The monoisotopic (exact) mass is 394 g/mol. The maximum absolute atomic E-state index is 12.7. The van der Waals surface area contributed by atoms with E-state index in [0.717, 1.165) is 48.9 Å². The van der Waals surface area contributed by atoms with E-state index in [9.17, 15) is 9.59 Å². The minimum Gasteiger partial charge on any atom is -0.349 e. The molecule has 0 atom stereocenters. The molecule has 0 bridgehead atoms. The van der Waals surface area contributed by atoms with Gasteiger partial charge in [0.2, 0.25) is 5.91 Å². The van der Waals surface area contributed by atoms with Crippen LogP contribution in [0.5, 0.6) is 0 Å². The highest BCUT2D eigenvalue weighted by Gasteiger charge is 2.28. The van der Waals surface area contributed by atoms with Crippen LogP contribution in [-0.2, 0) is 24.2 Å². The van der Waals surface area contributed by atoms with Crippen LogP contribution >= 0.6 is 0 Å². The number of carbonyl (C=O) groups excluding carboxylic acids is 2. The van der Waals surface area contributed by atoms with Crippen molar-refractivity contribution in [3.8, 4) is 0 Å². The third-order valence-corrected chi connectivity index (χ3v) is 6.30. The Balaban J connectivity index is 1.13. The van der Waals surface area contributed by atoms with Crippen molar-refractivity contribution in [2.75, 3.05) is 13.1 Å². The summed E-state index contributed by atoms with van der Waals surface area (Å²) in [7, 11) is 0. The van der Waals surface area contributed by atoms with E-state index in [1.54, 1.807) is 10.9 Å². The van der Waals surface area contributed by atoms with Gasteiger partial charge in [0.05, 0.1) is 11.3 Å². The molecule has 3 aliphatic rings. The molecule has 2 amide bonds. The van der Waals surface area contributed by atoms with E-state index in [1.165, 1.54) is 18.4 Å². The molecule has 5 rings (SSSR count). The van der Waals surface area contributed by atoms with E-state index in [2.05, 4.69) is 20.6 Å². The lowest BCUT2D eigenvalue weighted by Gasteiger charge is -2.32. The molecule has 29 heavy (non-hydrogen) atoms. The van der Waals surface area contributed by atoms with Gasteiger partial charge in [0.1, 0.15) is 6.54 Å². The molecule has 1 N–H and O–H groups in total. The number of aromatic nitrogens is 4. The predicted octanol–water partition coefficient (Wildman–Crippen LogP) is 1.46.